The van der Waals surface area contributed by atoms with E-state index in [1.54, 1.807) is 24.5 Å². The van der Waals surface area contributed by atoms with E-state index >= 15 is 0 Å². The number of thiazole rings is 1. The van der Waals surface area contributed by atoms with E-state index in [2.05, 4.69) is 26.9 Å². The van der Waals surface area contributed by atoms with Crippen LogP contribution in [0.5, 0.6) is 0 Å². The van der Waals surface area contributed by atoms with Crippen LogP contribution in [0.1, 0.15) is 53.1 Å². The second-order valence-corrected chi connectivity index (χ2v) is 9.31. The van der Waals surface area contributed by atoms with Gasteiger partial charge in [-0.05, 0) is 50.3 Å². The van der Waals surface area contributed by atoms with Gasteiger partial charge in [-0.15, -0.1) is 11.3 Å². The fourth-order valence-corrected chi connectivity index (χ4v) is 4.93. The van der Waals surface area contributed by atoms with Crippen LogP contribution in [0.15, 0.2) is 36.0 Å². The summed E-state index contributed by atoms with van der Waals surface area (Å²) in [5.74, 6) is 0.648. The Labute approximate surface area is 193 Å². The van der Waals surface area contributed by atoms with Crippen molar-refractivity contribution < 1.29 is 18.0 Å². The first kappa shape index (κ1) is 23.3. The van der Waals surface area contributed by atoms with Gasteiger partial charge in [-0.2, -0.15) is 13.2 Å². The third-order valence-corrected chi connectivity index (χ3v) is 6.72. The molecular weight excluding hydrogens is 451 g/mol. The zero-order valence-electron chi connectivity index (χ0n) is 18.3. The van der Waals surface area contributed by atoms with Crippen LogP contribution in [0.2, 0.25) is 0 Å². The normalized spacial score (nSPS) is 19.0. The number of hydrogen-bond acceptors (Lipinski definition) is 6. The fraction of sp³-hybridized carbons (Fsp3) is 0.435. The zero-order valence-corrected chi connectivity index (χ0v) is 19.2. The van der Waals surface area contributed by atoms with Crippen molar-refractivity contribution in [2.24, 2.45) is 5.92 Å². The van der Waals surface area contributed by atoms with E-state index in [9.17, 15) is 18.0 Å². The summed E-state index contributed by atoms with van der Waals surface area (Å²) in [5.41, 5.74) is 0.721. The fourth-order valence-electron chi connectivity index (χ4n) is 4.11. The van der Waals surface area contributed by atoms with E-state index in [0.717, 1.165) is 29.6 Å². The number of halogens is 3. The van der Waals surface area contributed by atoms with Gasteiger partial charge in [-0.25, -0.2) is 19.9 Å². The van der Waals surface area contributed by atoms with Crippen LogP contribution in [0.25, 0.3) is 11.4 Å². The van der Waals surface area contributed by atoms with Crippen molar-refractivity contribution in [2.75, 3.05) is 6.54 Å². The summed E-state index contributed by atoms with van der Waals surface area (Å²) in [6.45, 7) is 4.53. The molecule has 1 aliphatic heterocycles. The maximum atomic E-state index is 13.7. The molecule has 4 heterocycles. The Morgan fingerprint density at radius 1 is 1.21 bits per heavy atom. The first-order valence-corrected chi connectivity index (χ1v) is 11.7. The van der Waals surface area contributed by atoms with E-state index in [0.29, 0.717) is 53.1 Å². The van der Waals surface area contributed by atoms with Crippen LogP contribution < -0.4 is 0 Å². The third kappa shape index (κ3) is 5.38. The minimum absolute atomic E-state index is 0.105. The number of amides is 1. The lowest BCUT2D eigenvalue weighted by molar-refractivity contribution is -0.140. The molecule has 3 aromatic heterocycles. The van der Waals surface area contributed by atoms with Gasteiger partial charge in [0.05, 0.1) is 10.6 Å². The molecule has 0 aliphatic carbocycles. The Kier molecular flexibility index (Phi) is 6.73. The summed E-state index contributed by atoms with van der Waals surface area (Å²) in [7, 11) is 0. The van der Waals surface area contributed by atoms with Gasteiger partial charge in [-0.3, -0.25) is 4.79 Å². The molecule has 0 N–H and O–H groups in total. The molecule has 6 nitrogen and oxygen atoms in total. The van der Waals surface area contributed by atoms with E-state index in [1.165, 1.54) is 0 Å². The molecule has 4 rings (SSSR count). The van der Waals surface area contributed by atoms with Crippen molar-refractivity contribution in [1.82, 2.24) is 24.8 Å². The highest BCUT2D eigenvalue weighted by molar-refractivity contribution is 7.09. The number of hydrogen-bond donors (Lipinski definition) is 0. The minimum atomic E-state index is -4.44. The van der Waals surface area contributed by atoms with Gasteiger partial charge >= 0.3 is 6.18 Å². The lowest BCUT2D eigenvalue weighted by atomic mass is 9.89. The molecule has 1 saturated heterocycles. The smallest absolute Gasteiger partial charge is 0.334 e. The summed E-state index contributed by atoms with van der Waals surface area (Å²) in [4.78, 5) is 32.3. The summed E-state index contributed by atoms with van der Waals surface area (Å²) >= 11 is 1.01. The monoisotopic (exact) mass is 475 g/mol. The molecule has 3 aromatic rings. The van der Waals surface area contributed by atoms with E-state index in [1.807, 2.05) is 17.9 Å². The van der Waals surface area contributed by atoms with Crippen molar-refractivity contribution in [2.45, 2.75) is 51.7 Å². The summed E-state index contributed by atoms with van der Waals surface area (Å²) in [6.07, 6.45) is 1.37. The van der Waals surface area contributed by atoms with Crippen LogP contribution in [-0.2, 0) is 12.6 Å². The number of aromatic nitrogens is 4. The van der Waals surface area contributed by atoms with Crippen molar-refractivity contribution in [3.8, 4) is 11.4 Å². The number of nitrogens with zero attached hydrogens (tertiary/aromatic N) is 5. The van der Waals surface area contributed by atoms with E-state index in [-0.39, 0.29) is 11.9 Å². The highest BCUT2D eigenvalue weighted by Gasteiger charge is 2.35. The molecule has 10 heteroatoms. The van der Waals surface area contributed by atoms with Crippen molar-refractivity contribution in [3.05, 3.63) is 58.1 Å². The molecule has 1 aliphatic rings. The Bertz CT molecular complexity index is 1120. The molecule has 174 valence electrons. The lowest BCUT2D eigenvalue weighted by Gasteiger charge is -2.38. The molecule has 1 unspecified atom stereocenters. The van der Waals surface area contributed by atoms with Gasteiger partial charge in [0.25, 0.3) is 5.91 Å². The van der Waals surface area contributed by atoms with Crippen LogP contribution in [0, 0.1) is 12.8 Å². The second kappa shape index (κ2) is 9.54. The number of likely N-dealkylation sites (tertiary alicyclic amines) is 1. The molecule has 0 saturated carbocycles. The molecule has 0 bridgehead atoms. The number of pyridine rings is 1. The Morgan fingerprint density at radius 3 is 2.67 bits per heavy atom. The van der Waals surface area contributed by atoms with Gasteiger partial charge < -0.3 is 4.90 Å². The van der Waals surface area contributed by atoms with Crippen LogP contribution >= 0.6 is 11.3 Å². The van der Waals surface area contributed by atoms with Crippen molar-refractivity contribution in [3.63, 3.8) is 0 Å². The number of carbonyl (C=O) groups is 1. The van der Waals surface area contributed by atoms with Crippen LogP contribution in [0.3, 0.4) is 0 Å². The van der Waals surface area contributed by atoms with Gasteiger partial charge in [0.2, 0.25) is 0 Å². The highest BCUT2D eigenvalue weighted by atomic mass is 32.1. The molecule has 33 heavy (non-hydrogen) atoms. The number of rotatable bonds is 5. The molecule has 2 atom stereocenters. The predicted octanol–water partition coefficient (Wildman–Crippen LogP) is 5.20. The Morgan fingerprint density at radius 2 is 1.97 bits per heavy atom. The average Bonchev–Trinajstić information content (AvgIpc) is 3.28. The molecular formula is C23H24F3N5OS. The lowest BCUT2D eigenvalue weighted by Crippen LogP contribution is -2.46. The third-order valence-electron chi connectivity index (χ3n) is 5.82. The minimum Gasteiger partial charge on any atom is -0.334 e. The maximum Gasteiger partial charge on any atom is 0.434 e. The number of aryl methyl sites for hydroxylation is 2. The first-order chi connectivity index (χ1) is 15.7. The zero-order chi connectivity index (χ0) is 23.6. The second-order valence-electron chi connectivity index (χ2n) is 8.37. The molecule has 1 amide bonds. The number of piperidine rings is 1. The maximum absolute atomic E-state index is 13.7. The Hall–Kier alpha value is -2.88. The largest absolute Gasteiger partial charge is 0.434 e. The standard InChI is InChI=1S/C23H24F3N5OS/c1-14-8-11-31(16(12-14)5-7-19-30-18(13-33-19)23(24,25)26)22(32)20-17(6-4-15(2)29-20)21-27-9-3-10-28-21/h3-4,6,9-10,13-14,16H,5,7-8,11-12H2,1-2H3/t14-,16?/m0/s1. The van der Waals surface area contributed by atoms with Crippen molar-refractivity contribution in [1.29, 1.82) is 0 Å². The van der Waals surface area contributed by atoms with Crippen LogP contribution in [0.4, 0.5) is 13.2 Å². The predicted molar refractivity (Wildman–Crippen MR) is 119 cm³/mol. The number of carbonyl (C=O) groups excluding carboxylic acids is 1. The van der Waals surface area contributed by atoms with Gasteiger partial charge in [0, 0.05) is 42.5 Å². The number of alkyl halides is 3. The summed E-state index contributed by atoms with van der Waals surface area (Å²) < 4.78 is 38.7. The van der Waals surface area contributed by atoms with Gasteiger partial charge in [-0.1, -0.05) is 6.92 Å². The molecule has 0 aromatic carbocycles. The van der Waals surface area contributed by atoms with Gasteiger partial charge in [0.1, 0.15) is 5.69 Å². The van der Waals surface area contributed by atoms with E-state index in [4.69, 9.17) is 0 Å². The average molecular weight is 476 g/mol. The highest BCUT2D eigenvalue weighted by Crippen LogP contribution is 2.32. The van der Waals surface area contributed by atoms with E-state index < -0.39 is 11.9 Å². The van der Waals surface area contributed by atoms with Crippen LogP contribution in [-0.4, -0.2) is 43.3 Å². The SMILES string of the molecule is Cc1ccc(-c2ncccn2)c(C(=O)N2CC[C@H](C)CC2CCc2nc(C(F)(F)F)cs2)n1. The summed E-state index contributed by atoms with van der Waals surface area (Å²) in [6, 6.07) is 5.23. The topological polar surface area (TPSA) is 71.9 Å². The molecule has 0 spiro atoms. The summed E-state index contributed by atoms with van der Waals surface area (Å²) in [5, 5.41) is 1.48. The van der Waals surface area contributed by atoms with Gasteiger partial charge in [0.15, 0.2) is 11.5 Å². The first-order valence-electron chi connectivity index (χ1n) is 10.8. The quantitative estimate of drug-likeness (QED) is 0.508. The Balaban J connectivity index is 1.57. The molecule has 0 radical (unpaired) electrons. The molecule has 1 fully saturated rings. The van der Waals surface area contributed by atoms with Crippen molar-refractivity contribution >= 4 is 17.2 Å².